The molecule has 0 atom stereocenters. The van der Waals surface area contributed by atoms with Gasteiger partial charge in [0.25, 0.3) is 0 Å². The molecule has 0 saturated carbocycles. The molecule has 0 spiro atoms. The van der Waals surface area contributed by atoms with Crippen LogP contribution in [0.25, 0.3) is 4.96 Å². The van der Waals surface area contributed by atoms with Crippen molar-refractivity contribution in [1.82, 2.24) is 9.38 Å². The number of aromatic nitrogens is 2. The van der Waals surface area contributed by atoms with Gasteiger partial charge in [0.05, 0.1) is 12.3 Å². The summed E-state index contributed by atoms with van der Waals surface area (Å²) in [6.07, 6.45) is 3.78. The van der Waals surface area contributed by atoms with Crippen LogP contribution in [0.2, 0.25) is 0 Å². The Hall–Kier alpha value is -1.33. The van der Waals surface area contributed by atoms with E-state index in [2.05, 4.69) is 23.4 Å². The van der Waals surface area contributed by atoms with Gasteiger partial charge in [0.2, 0.25) is 0 Å². The summed E-state index contributed by atoms with van der Waals surface area (Å²) in [7, 11) is 0. The monoisotopic (exact) mass is 237 g/mol. The maximum Gasteiger partial charge on any atom is 0.195 e. The zero-order valence-electron chi connectivity index (χ0n) is 9.26. The zero-order chi connectivity index (χ0) is 11.5. The Balaban J connectivity index is 2.48. The van der Waals surface area contributed by atoms with Crippen LogP contribution in [0.3, 0.4) is 0 Å². The number of imidazole rings is 1. The molecular weight excluding hydrogens is 222 g/mol. The van der Waals surface area contributed by atoms with E-state index >= 15 is 0 Å². The summed E-state index contributed by atoms with van der Waals surface area (Å²) in [5.41, 5.74) is 0.847. The van der Waals surface area contributed by atoms with Gasteiger partial charge in [-0.15, -0.1) is 17.9 Å². The minimum atomic E-state index is 0.000869. The van der Waals surface area contributed by atoms with Gasteiger partial charge in [0.1, 0.15) is 0 Å². The number of likely N-dealkylation sites (N-methyl/N-ethyl adjacent to an activating group) is 1. The fraction of sp³-hybridized carbons (Fsp3) is 0.364. The molecule has 0 bridgehead atoms. The highest BCUT2D eigenvalue weighted by Gasteiger charge is 2.16. The fourth-order valence-electron chi connectivity index (χ4n) is 1.74. The van der Waals surface area contributed by atoms with Crippen molar-refractivity contribution in [3.05, 3.63) is 29.9 Å². The molecule has 0 saturated heterocycles. The first-order valence-corrected chi connectivity index (χ1v) is 6.10. The Morgan fingerprint density at radius 1 is 1.69 bits per heavy atom. The highest BCUT2D eigenvalue weighted by Crippen LogP contribution is 2.24. The Morgan fingerprint density at radius 3 is 3.12 bits per heavy atom. The molecule has 0 amide bonds. The quantitative estimate of drug-likeness (QED) is 0.807. The van der Waals surface area contributed by atoms with Gasteiger partial charge in [-0.3, -0.25) is 4.40 Å². The minimum Gasteiger partial charge on any atom is -0.390 e. The van der Waals surface area contributed by atoms with Crippen molar-refractivity contribution in [1.29, 1.82) is 0 Å². The van der Waals surface area contributed by atoms with Crippen molar-refractivity contribution in [3.63, 3.8) is 0 Å². The Morgan fingerprint density at radius 2 is 2.50 bits per heavy atom. The molecule has 4 nitrogen and oxygen atoms in total. The Labute approximate surface area is 98.5 Å². The number of thiazole rings is 1. The van der Waals surface area contributed by atoms with Gasteiger partial charge >= 0.3 is 0 Å². The molecule has 16 heavy (non-hydrogen) atoms. The number of nitrogens with zero attached hydrogens (tertiary/aromatic N) is 3. The molecule has 5 heteroatoms. The average Bonchev–Trinajstić information content (AvgIpc) is 2.85. The molecule has 2 aromatic rings. The number of aliphatic hydroxyl groups is 1. The van der Waals surface area contributed by atoms with E-state index < -0.39 is 0 Å². The number of hydrogen-bond acceptors (Lipinski definition) is 4. The van der Waals surface area contributed by atoms with Crippen molar-refractivity contribution in [2.45, 2.75) is 13.5 Å². The van der Waals surface area contributed by atoms with Crippen molar-refractivity contribution < 1.29 is 5.11 Å². The largest absolute Gasteiger partial charge is 0.390 e. The lowest BCUT2D eigenvalue weighted by Crippen LogP contribution is -2.24. The van der Waals surface area contributed by atoms with E-state index in [0.29, 0.717) is 0 Å². The number of rotatable bonds is 5. The van der Waals surface area contributed by atoms with Crippen LogP contribution in [0.15, 0.2) is 24.2 Å². The maximum atomic E-state index is 9.43. The normalized spacial score (nSPS) is 10.9. The molecule has 2 heterocycles. The molecule has 2 rings (SSSR count). The predicted molar refractivity (Wildman–Crippen MR) is 67.1 cm³/mol. The minimum absolute atomic E-state index is 0.000869. The molecule has 2 aromatic heterocycles. The van der Waals surface area contributed by atoms with Gasteiger partial charge in [-0.2, -0.15) is 0 Å². The topological polar surface area (TPSA) is 40.8 Å². The van der Waals surface area contributed by atoms with Crippen LogP contribution in [0, 0.1) is 0 Å². The van der Waals surface area contributed by atoms with Crippen LogP contribution in [0.4, 0.5) is 5.82 Å². The van der Waals surface area contributed by atoms with E-state index in [4.69, 9.17) is 0 Å². The van der Waals surface area contributed by atoms with Crippen molar-refractivity contribution in [2.75, 3.05) is 18.0 Å². The molecular formula is C11H15N3OS. The number of aliphatic hydroxyl groups excluding tert-OH is 1. The molecule has 86 valence electrons. The van der Waals surface area contributed by atoms with Crippen LogP contribution in [0.5, 0.6) is 0 Å². The third-order valence-corrected chi connectivity index (χ3v) is 3.28. The van der Waals surface area contributed by atoms with Gasteiger partial charge in [0, 0.05) is 24.7 Å². The SMILES string of the molecule is C=CCN(CC)c1nc2sccn2c1CO. The van der Waals surface area contributed by atoms with Gasteiger partial charge in [-0.1, -0.05) is 6.08 Å². The van der Waals surface area contributed by atoms with Crippen molar-refractivity contribution in [3.8, 4) is 0 Å². The molecule has 1 N–H and O–H groups in total. The fourth-order valence-corrected chi connectivity index (χ4v) is 2.47. The van der Waals surface area contributed by atoms with E-state index in [-0.39, 0.29) is 6.61 Å². The second-order valence-electron chi connectivity index (χ2n) is 3.42. The van der Waals surface area contributed by atoms with Crippen LogP contribution in [-0.4, -0.2) is 27.6 Å². The van der Waals surface area contributed by atoms with E-state index in [9.17, 15) is 5.11 Å². The third-order valence-electron chi connectivity index (χ3n) is 2.52. The zero-order valence-corrected chi connectivity index (χ0v) is 10.1. The van der Waals surface area contributed by atoms with Crippen LogP contribution < -0.4 is 4.90 Å². The molecule has 0 aliphatic rings. The maximum absolute atomic E-state index is 9.43. The first kappa shape index (κ1) is 11.2. The summed E-state index contributed by atoms with van der Waals surface area (Å²) in [6, 6.07) is 0. The smallest absolute Gasteiger partial charge is 0.195 e. The summed E-state index contributed by atoms with van der Waals surface area (Å²) in [5, 5.41) is 11.4. The molecule has 0 fully saturated rings. The summed E-state index contributed by atoms with van der Waals surface area (Å²) in [5.74, 6) is 0.858. The van der Waals surface area contributed by atoms with Gasteiger partial charge in [0.15, 0.2) is 10.8 Å². The van der Waals surface area contributed by atoms with Crippen molar-refractivity contribution in [2.24, 2.45) is 0 Å². The van der Waals surface area contributed by atoms with E-state index in [1.54, 1.807) is 11.3 Å². The lowest BCUT2D eigenvalue weighted by atomic mass is 10.4. The highest BCUT2D eigenvalue weighted by molar-refractivity contribution is 7.15. The Bertz CT molecular complexity index is 488. The third kappa shape index (κ3) is 1.72. The second kappa shape index (κ2) is 4.67. The Kier molecular flexibility index (Phi) is 3.26. The molecule has 0 aromatic carbocycles. The summed E-state index contributed by atoms with van der Waals surface area (Å²) in [6.45, 7) is 7.40. The van der Waals surface area contributed by atoms with Crippen LogP contribution in [0.1, 0.15) is 12.6 Å². The van der Waals surface area contributed by atoms with E-state index in [1.807, 2.05) is 22.1 Å². The predicted octanol–water partition coefficient (Wildman–Crippen LogP) is 1.90. The highest BCUT2D eigenvalue weighted by atomic mass is 32.1. The lowest BCUT2D eigenvalue weighted by molar-refractivity contribution is 0.276. The average molecular weight is 237 g/mol. The molecule has 0 aliphatic heterocycles. The van der Waals surface area contributed by atoms with Crippen LogP contribution >= 0.6 is 11.3 Å². The van der Waals surface area contributed by atoms with Crippen molar-refractivity contribution >= 4 is 22.1 Å². The summed E-state index contributed by atoms with van der Waals surface area (Å²) in [4.78, 5) is 7.55. The number of hydrogen-bond donors (Lipinski definition) is 1. The second-order valence-corrected chi connectivity index (χ2v) is 4.30. The van der Waals surface area contributed by atoms with E-state index in [1.165, 1.54) is 0 Å². The summed E-state index contributed by atoms with van der Waals surface area (Å²) >= 11 is 1.57. The van der Waals surface area contributed by atoms with Gasteiger partial charge < -0.3 is 10.0 Å². The number of fused-ring (bicyclic) bond motifs is 1. The molecule has 0 unspecified atom stereocenters. The molecule has 0 radical (unpaired) electrons. The summed E-state index contributed by atoms with van der Waals surface area (Å²) < 4.78 is 1.94. The standard InChI is InChI=1S/C11H15N3OS/c1-3-5-13(4-2)10-9(8-15)14-6-7-16-11(14)12-10/h3,6-7,15H,1,4-5,8H2,2H3. The van der Waals surface area contributed by atoms with Gasteiger partial charge in [-0.25, -0.2) is 4.98 Å². The van der Waals surface area contributed by atoms with E-state index in [0.717, 1.165) is 29.6 Å². The van der Waals surface area contributed by atoms with Gasteiger partial charge in [-0.05, 0) is 6.92 Å². The van der Waals surface area contributed by atoms with Crippen LogP contribution in [-0.2, 0) is 6.61 Å². The lowest BCUT2D eigenvalue weighted by Gasteiger charge is -2.19. The first-order chi connectivity index (χ1) is 7.81. The first-order valence-electron chi connectivity index (χ1n) is 5.23. The number of anilines is 1. The molecule has 0 aliphatic carbocycles.